The molecule has 0 spiro atoms. The first-order valence-corrected chi connectivity index (χ1v) is 12.6. The number of fused-ring (bicyclic) bond motifs is 1. The third-order valence-corrected chi connectivity index (χ3v) is 8.01. The second-order valence-electron chi connectivity index (χ2n) is 6.64. The molecule has 0 fully saturated rings. The molecule has 11 nitrogen and oxygen atoms in total. The Balaban J connectivity index is 1.41. The van der Waals surface area contributed by atoms with E-state index in [0.717, 1.165) is 22.7 Å². The molecule has 2 N–H and O–H groups in total. The van der Waals surface area contributed by atoms with E-state index in [4.69, 9.17) is 4.74 Å². The Hall–Kier alpha value is -3.88. The fourth-order valence-electron chi connectivity index (χ4n) is 2.81. The minimum absolute atomic E-state index is 0.00840. The molecule has 2 aromatic carbocycles. The van der Waals surface area contributed by atoms with Crippen LogP contribution in [0.2, 0.25) is 0 Å². The number of nitrogens with one attached hydrogen (secondary N) is 2. The van der Waals surface area contributed by atoms with Crippen LogP contribution in [0.15, 0.2) is 64.2 Å². The van der Waals surface area contributed by atoms with Crippen molar-refractivity contribution in [3.05, 3.63) is 75.7 Å². The van der Waals surface area contributed by atoms with E-state index in [1.54, 1.807) is 17.5 Å². The van der Waals surface area contributed by atoms with Gasteiger partial charge in [-0.3, -0.25) is 24.9 Å². The van der Waals surface area contributed by atoms with Gasteiger partial charge in [0, 0.05) is 12.1 Å². The molecule has 4 aromatic rings. The van der Waals surface area contributed by atoms with Crippen LogP contribution in [0.25, 0.3) is 10.2 Å². The highest BCUT2D eigenvalue weighted by molar-refractivity contribution is 7.94. The summed E-state index contributed by atoms with van der Waals surface area (Å²) < 4.78 is 32.9. The van der Waals surface area contributed by atoms with Gasteiger partial charge >= 0.3 is 5.97 Å². The van der Waals surface area contributed by atoms with Gasteiger partial charge in [-0.25, -0.2) is 18.2 Å². The molecule has 0 radical (unpaired) electrons. The molecule has 1 amide bonds. The zero-order chi connectivity index (χ0) is 24.3. The number of ether oxygens (including phenoxy) is 1. The number of anilines is 2. The number of hydrogen-bond donors (Lipinski definition) is 2. The number of amides is 1. The van der Waals surface area contributed by atoms with E-state index in [1.165, 1.54) is 42.5 Å². The zero-order valence-corrected chi connectivity index (χ0v) is 19.4. The van der Waals surface area contributed by atoms with Crippen LogP contribution >= 0.6 is 22.7 Å². The predicted octanol–water partition coefficient (Wildman–Crippen LogP) is 3.86. The third kappa shape index (κ3) is 5.19. The number of sulfonamides is 1. The molecule has 2 heterocycles. The van der Waals surface area contributed by atoms with Crippen LogP contribution < -0.4 is 10.0 Å². The molecule has 0 saturated heterocycles. The van der Waals surface area contributed by atoms with E-state index in [1.807, 2.05) is 0 Å². The molecule has 14 heteroatoms. The van der Waals surface area contributed by atoms with Crippen LogP contribution in [-0.2, 0) is 19.6 Å². The fraction of sp³-hybridized carbons (Fsp3) is 0.0500. The molecule has 0 aliphatic carbocycles. The van der Waals surface area contributed by atoms with Crippen LogP contribution in [0.5, 0.6) is 0 Å². The molecule has 0 unspecified atom stereocenters. The summed E-state index contributed by atoms with van der Waals surface area (Å²) in [6.45, 7) is -0.652. The largest absolute Gasteiger partial charge is 0.452 e. The minimum Gasteiger partial charge on any atom is -0.452 e. The number of thiophene rings is 1. The fourth-order valence-corrected chi connectivity index (χ4v) is 5.79. The smallest absolute Gasteiger partial charge is 0.340 e. The maximum Gasteiger partial charge on any atom is 0.340 e. The minimum atomic E-state index is -3.89. The predicted molar refractivity (Wildman–Crippen MR) is 127 cm³/mol. The van der Waals surface area contributed by atoms with Gasteiger partial charge in [0.25, 0.3) is 21.6 Å². The van der Waals surface area contributed by atoms with E-state index in [-0.39, 0.29) is 26.3 Å². The van der Waals surface area contributed by atoms with Crippen LogP contribution in [0.3, 0.4) is 0 Å². The Morgan fingerprint density at radius 3 is 2.65 bits per heavy atom. The average Bonchev–Trinajstić information content (AvgIpc) is 3.47. The quantitative estimate of drug-likeness (QED) is 0.202. The van der Waals surface area contributed by atoms with E-state index in [0.29, 0.717) is 10.2 Å². The molecule has 0 bridgehead atoms. The summed E-state index contributed by atoms with van der Waals surface area (Å²) in [6, 6.07) is 13.0. The van der Waals surface area contributed by atoms with Crippen LogP contribution in [0, 0.1) is 10.1 Å². The number of carbonyl (C=O) groups excluding carboxylic acids is 2. The molecule has 0 atom stereocenters. The van der Waals surface area contributed by atoms with Crippen molar-refractivity contribution in [2.24, 2.45) is 0 Å². The average molecular weight is 519 g/mol. The first kappa shape index (κ1) is 23.3. The van der Waals surface area contributed by atoms with Crippen molar-refractivity contribution in [3.8, 4) is 0 Å². The summed E-state index contributed by atoms with van der Waals surface area (Å²) in [6.07, 6.45) is 0. The Morgan fingerprint density at radius 2 is 1.91 bits per heavy atom. The van der Waals surface area contributed by atoms with E-state index in [2.05, 4.69) is 15.0 Å². The van der Waals surface area contributed by atoms with Crippen molar-refractivity contribution in [2.75, 3.05) is 16.6 Å². The second-order valence-corrected chi connectivity index (χ2v) is 10.5. The summed E-state index contributed by atoms with van der Waals surface area (Å²) in [4.78, 5) is 39.3. The Bertz CT molecular complexity index is 1500. The molecule has 0 aliphatic heterocycles. The van der Waals surface area contributed by atoms with Crippen LogP contribution in [-0.4, -0.2) is 36.8 Å². The summed E-state index contributed by atoms with van der Waals surface area (Å²) in [7, 11) is -3.89. The van der Waals surface area contributed by atoms with Gasteiger partial charge in [0.05, 0.1) is 26.4 Å². The van der Waals surface area contributed by atoms with Crippen molar-refractivity contribution in [2.45, 2.75) is 4.21 Å². The lowest BCUT2D eigenvalue weighted by molar-refractivity contribution is -0.384. The summed E-state index contributed by atoms with van der Waals surface area (Å²) >= 11 is 2.06. The summed E-state index contributed by atoms with van der Waals surface area (Å²) in [5.41, 5.74) is 0.308. The van der Waals surface area contributed by atoms with Crippen LogP contribution in [0.4, 0.5) is 16.5 Å². The van der Waals surface area contributed by atoms with Gasteiger partial charge in [0.1, 0.15) is 4.21 Å². The molecule has 34 heavy (non-hydrogen) atoms. The van der Waals surface area contributed by atoms with Crippen molar-refractivity contribution < 1.29 is 27.7 Å². The third-order valence-electron chi connectivity index (χ3n) is 4.31. The number of nitrogens with zero attached hydrogens (tertiary/aromatic N) is 2. The van der Waals surface area contributed by atoms with Gasteiger partial charge in [-0.05, 0) is 29.6 Å². The molecule has 4 rings (SSSR count). The molecule has 174 valence electrons. The SMILES string of the molecule is O=C(COC(=O)c1ccccc1NS(=O)(=O)c1cccs1)Nc1nc2ccc([N+](=O)[O-])cc2s1. The number of thiazole rings is 1. The lowest BCUT2D eigenvalue weighted by Crippen LogP contribution is -2.22. The number of carbonyl (C=O) groups is 2. The molecular weight excluding hydrogens is 504 g/mol. The van der Waals surface area contributed by atoms with Crippen molar-refractivity contribution in [1.82, 2.24) is 4.98 Å². The Kier molecular flexibility index (Phi) is 6.54. The number of nitro benzene ring substituents is 1. The Morgan fingerprint density at radius 1 is 1.12 bits per heavy atom. The molecule has 2 aromatic heterocycles. The topological polar surface area (TPSA) is 158 Å². The zero-order valence-electron chi connectivity index (χ0n) is 17.0. The molecule has 0 saturated carbocycles. The van der Waals surface area contributed by atoms with Crippen molar-refractivity contribution in [1.29, 1.82) is 0 Å². The number of hydrogen-bond acceptors (Lipinski definition) is 10. The molecular formula is C20H14N4O7S3. The first-order valence-electron chi connectivity index (χ1n) is 9.40. The van der Waals surface area contributed by atoms with E-state index >= 15 is 0 Å². The van der Waals surface area contributed by atoms with E-state index in [9.17, 15) is 28.1 Å². The van der Waals surface area contributed by atoms with Gasteiger partial charge in [-0.15, -0.1) is 11.3 Å². The number of para-hydroxylation sites is 1. The monoisotopic (exact) mass is 518 g/mol. The number of aromatic nitrogens is 1. The number of esters is 1. The molecule has 0 aliphatic rings. The highest BCUT2D eigenvalue weighted by atomic mass is 32.2. The number of rotatable bonds is 8. The lowest BCUT2D eigenvalue weighted by atomic mass is 10.2. The van der Waals surface area contributed by atoms with Crippen molar-refractivity contribution in [3.63, 3.8) is 0 Å². The maximum absolute atomic E-state index is 12.5. The maximum atomic E-state index is 12.5. The van der Waals surface area contributed by atoms with Crippen molar-refractivity contribution >= 4 is 71.3 Å². The highest BCUT2D eigenvalue weighted by Gasteiger charge is 2.21. The number of nitro groups is 1. The lowest BCUT2D eigenvalue weighted by Gasteiger charge is -2.11. The van der Waals surface area contributed by atoms with Crippen LogP contribution in [0.1, 0.15) is 10.4 Å². The van der Waals surface area contributed by atoms with Gasteiger partial charge in [0.2, 0.25) is 0 Å². The van der Waals surface area contributed by atoms with Gasteiger partial charge in [-0.1, -0.05) is 29.5 Å². The normalized spacial score (nSPS) is 11.2. The second kappa shape index (κ2) is 9.54. The van der Waals surface area contributed by atoms with E-state index < -0.39 is 33.4 Å². The van der Waals surface area contributed by atoms with Gasteiger partial charge in [0.15, 0.2) is 11.7 Å². The standard InChI is InChI=1S/C20H14N4O7S3/c25-17(22-20-21-15-8-7-12(24(27)28)10-16(15)33-20)11-31-19(26)13-4-1-2-5-14(13)23-34(29,30)18-6-3-9-32-18/h1-10,23H,11H2,(H,21,22,25). The first-order chi connectivity index (χ1) is 16.2. The summed E-state index contributed by atoms with van der Waals surface area (Å²) in [5.74, 6) is -1.59. The number of benzene rings is 2. The van der Waals surface area contributed by atoms with Gasteiger partial charge in [-0.2, -0.15) is 0 Å². The Labute approximate surface area is 200 Å². The highest BCUT2D eigenvalue weighted by Crippen LogP contribution is 2.29. The van der Waals surface area contributed by atoms with Gasteiger partial charge < -0.3 is 4.74 Å². The summed E-state index contributed by atoms with van der Waals surface area (Å²) in [5, 5.41) is 15.2. The number of non-ortho nitro benzene ring substituents is 1.